The molecule has 2 aliphatic carbocycles. The smallest absolute Gasteiger partial charge is 0.408 e. The molecule has 2 amide bonds. The summed E-state index contributed by atoms with van der Waals surface area (Å²) in [7, 11) is 0. The molecule has 2 unspecified atom stereocenters. The third kappa shape index (κ3) is 6.28. The Morgan fingerprint density at radius 3 is 2.07 bits per heavy atom. The Bertz CT molecular complexity index is 1340. The second-order valence-electron chi connectivity index (χ2n) is 10.9. The molecule has 0 spiro atoms. The SMILES string of the molecule is CC(OCc1ccccc1)C(NC(=O)C1(NC(=O)OCC2c3ccccc3-c3ccccc32)CCCCC1)C(=O)O. The Kier molecular flexibility index (Phi) is 8.69. The fourth-order valence-corrected chi connectivity index (χ4v) is 5.95. The summed E-state index contributed by atoms with van der Waals surface area (Å²) in [5.74, 6) is -1.84. The number of carboxylic acids is 1. The summed E-state index contributed by atoms with van der Waals surface area (Å²) in [6.07, 6.45) is 1.70. The van der Waals surface area contributed by atoms with E-state index in [4.69, 9.17) is 9.47 Å². The highest BCUT2D eigenvalue weighted by molar-refractivity contribution is 5.93. The van der Waals surface area contributed by atoms with Gasteiger partial charge in [-0.1, -0.05) is 98.1 Å². The van der Waals surface area contributed by atoms with Crippen LogP contribution in [0.2, 0.25) is 0 Å². The molecule has 0 saturated heterocycles. The maximum Gasteiger partial charge on any atom is 0.408 e. The van der Waals surface area contributed by atoms with Crippen molar-refractivity contribution in [2.45, 2.75) is 69.2 Å². The lowest BCUT2D eigenvalue weighted by Gasteiger charge is -2.37. The molecule has 0 radical (unpaired) electrons. The monoisotopic (exact) mass is 556 g/mol. The van der Waals surface area contributed by atoms with E-state index in [-0.39, 0.29) is 19.1 Å². The number of aliphatic carboxylic acids is 1. The number of benzene rings is 3. The van der Waals surface area contributed by atoms with E-state index in [1.54, 1.807) is 6.92 Å². The second kappa shape index (κ2) is 12.6. The molecule has 0 bridgehead atoms. The summed E-state index contributed by atoms with van der Waals surface area (Å²) >= 11 is 0. The van der Waals surface area contributed by atoms with Gasteiger partial charge in [0.2, 0.25) is 5.91 Å². The molecule has 2 atom stereocenters. The zero-order valence-electron chi connectivity index (χ0n) is 23.2. The number of amides is 2. The normalized spacial score (nSPS) is 17.0. The van der Waals surface area contributed by atoms with E-state index < -0.39 is 35.7 Å². The number of carboxylic acid groups (broad SMARTS) is 1. The first-order valence-electron chi connectivity index (χ1n) is 14.2. The summed E-state index contributed by atoms with van der Waals surface area (Å²) in [6.45, 7) is 1.96. The van der Waals surface area contributed by atoms with Gasteiger partial charge in [-0.3, -0.25) is 4.79 Å². The van der Waals surface area contributed by atoms with E-state index in [2.05, 4.69) is 22.8 Å². The third-order valence-electron chi connectivity index (χ3n) is 8.20. The number of carbonyl (C=O) groups excluding carboxylic acids is 2. The minimum Gasteiger partial charge on any atom is -0.480 e. The Morgan fingerprint density at radius 2 is 1.46 bits per heavy atom. The Morgan fingerprint density at radius 1 is 0.878 bits per heavy atom. The topological polar surface area (TPSA) is 114 Å². The minimum absolute atomic E-state index is 0.108. The van der Waals surface area contributed by atoms with Crippen LogP contribution in [0.4, 0.5) is 4.79 Å². The molecule has 8 heteroatoms. The largest absolute Gasteiger partial charge is 0.480 e. The lowest BCUT2D eigenvalue weighted by Crippen LogP contribution is -2.63. The fourth-order valence-electron chi connectivity index (χ4n) is 5.95. The van der Waals surface area contributed by atoms with Gasteiger partial charge in [0.05, 0.1) is 12.7 Å². The van der Waals surface area contributed by atoms with Crippen molar-refractivity contribution >= 4 is 18.0 Å². The average Bonchev–Trinajstić information content (AvgIpc) is 3.32. The molecule has 5 rings (SSSR count). The molecule has 41 heavy (non-hydrogen) atoms. The zero-order chi connectivity index (χ0) is 28.8. The molecule has 1 fully saturated rings. The molecule has 8 nitrogen and oxygen atoms in total. The summed E-state index contributed by atoms with van der Waals surface area (Å²) in [6, 6.07) is 24.3. The van der Waals surface area contributed by atoms with Crippen LogP contribution in [0, 0.1) is 0 Å². The number of rotatable bonds is 10. The van der Waals surface area contributed by atoms with Crippen molar-refractivity contribution in [1.82, 2.24) is 10.6 Å². The molecular weight excluding hydrogens is 520 g/mol. The lowest BCUT2D eigenvalue weighted by molar-refractivity contribution is -0.148. The maximum atomic E-state index is 13.6. The number of nitrogens with one attached hydrogen (secondary N) is 2. The van der Waals surface area contributed by atoms with E-state index in [1.165, 1.54) is 0 Å². The first kappa shape index (κ1) is 28.4. The highest BCUT2D eigenvalue weighted by Crippen LogP contribution is 2.44. The number of alkyl carbamates (subject to hydrolysis) is 1. The number of fused-ring (bicyclic) bond motifs is 3. The molecule has 1 saturated carbocycles. The van der Waals surface area contributed by atoms with Crippen LogP contribution in [0.3, 0.4) is 0 Å². The van der Waals surface area contributed by atoms with Gasteiger partial charge in [0.1, 0.15) is 12.1 Å². The Hall–Kier alpha value is -4.17. The third-order valence-corrected chi connectivity index (χ3v) is 8.20. The van der Waals surface area contributed by atoms with Gasteiger partial charge < -0.3 is 25.2 Å². The second-order valence-corrected chi connectivity index (χ2v) is 10.9. The van der Waals surface area contributed by atoms with Crippen molar-refractivity contribution in [2.24, 2.45) is 0 Å². The van der Waals surface area contributed by atoms with Crippen LogP contribution in [0.15, 0.2) is 78.9 Å². The predicted molar refractivity (Wildman–Crippen MR) is 154 cm³/mol. The predicted octanol–water partition coefficient (Wildman–Crippen LogP) is 5.40. The van der Waals surface area contributed by atoms with Crippen molar-refractivity contribution in [3.8, 4) is 11.1 Å². The highest BCUT2D eigenvalue weighted by atomic mass is 16.5. The van der Waals surface area contributed by atoms with Crippen LogP contribution in [-0.4, -0.2) is 47.4 Å². The van der Waals surface area contributed by atoms with Crippen molar-refractivity contribution in [3.63, 3.8) is 0 Å². The van der Waals surface area contributed by atoms with Crippen molar-refractivity contribution in [2.75, 3.05) is 6.61 Å². The molecule has 214 valence electrons. The molecule has 0 aliphatic heterocycles. The first-order valence-corrected chi connectivity index (χ1v) is 14.2. The number of ether oxygens (including phenoxy) is 2. The van der Waals surface area contributed by atoms with Gasteiger partial charge in [-0.05, 0) is 47.6 Å². The first-order chi connectivity index (χ1) is 19.9. The molecule has 2 aliphatic rings. The number of hydrogen-bond acceptors (Lipinski definition) is 5. The van der Waals surface area contributed by atoms with Crippen LogP contribution >= 0.6 is 0 Å². The zero-order valence-corrected chi connectivity index (χ0v) is 23.2. The van der Waals surface area contributed by atoms with Gasteiger partial charge in [-0.15, -0.1) is 0 Å². The standard InChI is InChI=1S/C33H36N2O6/c1-22(40-20-23-12-4-2-5-13-23)29(30(36)37)34-31(38)33(18-10-3-11-19-33)35-32(39)41-21-28-26-16-8-6-14-24(26)25-15-7-9-17-27(25)28/h2,4-9,12-17,22,28-29H,3,10-11,18-21H2,1H3,(H,34,38)(H,35,39)(H,36,37). The van der Waals surface area contributed by atoms with Crippen molar-refractivity contribution < 1.29 is 29.0 Å². The van der Waals surface area contributed by atoms with Crippen LogP contribution < -0.4 is 10.6 Å². The molecule has 3 N–H and O–H groups in total. The highest BCUT2D eigenvalue weighted by Gasteiger charge is 2.44. The minimum atomic E-state index is -1.28. The average molecular weight is 557 g/mol. The van der Waals surface area contributed by atoms with Crippen molar-refractivity contribution in [3.05, 3.63) is 95.6 Å². The quantitative estimate of drug-likeness (QED) is 0.308. The summed E-state index contributed by atoms with van der Waals surface area (Å²) in [4.78, 5) is 38.9. The van der Waals surface area contributed by atoms with Gasteiger partial charge >= 0.3 is 12.1 Å². The van der Waals surface area contributed by atoms with Crippen LogP contribution in [0.1, 0.15) is 61.6 Å². The molecular formula is C33H36N2O6. The number of hydrogen-bond donors (Lipinski definition) is 3. The molecule has 3 aromatic rings. The van der Waals surface area contributed by atoms with E-state index in [1.807, 2.05) is 66.7 Å². The van der Waals surface area contributed by atoms with Crippen LogP contribution in [0.25, 0.3) is 11.1 Å². The van der Waals surface area contributed by atoms with Gasteiger partial charge in [0, 0.05) is 5.92 Å². The summed E-state index contributed by atoms with van der Waals surface area (Å²) in [5.41, 5.74) is 4.09. The van der Waals surface area contributed by atoms with E-state index in [9.17, 15) is 19.5 Å². The van der Waals surface area contributed by atoms with E-state index in [0.717, 1.165) is 47.1 Å². The summed E-state index contributed by atoms with van der Waals surface area (Å²) < 4.78 is 11.5. The molecule has 0 aromatic heterocycles. The van der Waals surface area contributed by atoms with Crippen LogP contribution in [0.5, 0.6) is 0 Å². The lowest BCUT2D eigenvalue weighted by atomic mass is 9.80. The fraction of sp³-hybridized carbons (Fsp3) is 0.364. The van der Waals surface area contributed by atoms with Gasteiger partial charge in [0.25, 0.3) is 0 Å². The Balaban J connectivity index is 1.25. The van der Waals surface area contributed by atoms with Gasteiger partial charge in [-0.25, -0.2) is 9.59 Å². The maximum absolute atomic E-state index is 13.6. The van der Waals surface area contributed by atoms with E-state index >= 15 is 0 Å². The number of carbonyl (C=O) groups is 3. The van der Waals surface area contributed by atoms with E-state index in [0.29, 0.717) is 12.8 Å². The molecule has 0 heterocycles. The van der Waals surface area contributed by atoms with Gasteiger partial charge in [0.15, 0.2) is 6.04 Å². The van der Waals surface area contributed by atoms with Crippen LogP contribution in [-0.2, 0) is 25.7 Å². The van der Waals surface area contributed by atoms with Gasteiger partial charge in [-0.2, -0.15) is 0 Å². The summed E-state index contributed by atoms with van der Waals surface area (Å²) in [5, 5.41) is 15.4. The van der Waals surface area contributed by atoms with Crippen molar-refractivity contribution in [1.29, 1.82) is 0 Å². The Labute approximate surface area is 240 Å². The molecule has 3 aromatic carbocycles.